The highest BCUT2D eigenvalue weighted by atomic mass is 16.6. The summed E-state index contributed by atoms with van der Waals surface area (Å²) in [5.41, 5.74) is 3.25. The first-order valence-electron chi connectivity index (χ1n) is 7.75. The highest BCUT2D eigenvalue weighted by Crippen LogP contribution is 2.26. The summed E-state index contributed by atoms with van der Waals surface area (Å²) >= 11 is 0. The van der Waals surface area contributed by atoms with Crippen LogP contribution in [-0.2, 0) is 4.74 Å². The minimum atomic E-state index is -0.524. The van der Waals surface area contributed by atoms with Gasteiger partial charge in [0.2, 0.25) is 0 Å². The van der Waals surface area contributed by atoms with Gasteiger partial charge in [-0.1, -0.05) is 18.2 Å². The van der Waals surface area contributed by atoms with Gasteiger partial charge < -0.3 is 9.72 Å². The summed E-state index contributed by atoms with van der Waals surface area (Å²) in [6.45, 7) is 5.50. The normalized spacial score (nSPS) is 14.7. The molecule has 5 nitrogen and oxygen atoms in total. The summed E-state index contributed by atoms with van der Waals surface area (Å²) < 4.78 is 5.25. The molecule has 0 aliphatic heterocycles. The first kappa shape index (κ1) is 15.3. The molecule has 0 unspecified atom stereocenters. The van der Waals surface area contributed by atoms with Crippen LogP contribution in [0.25, 0.3) is 16.6 Å². The maximum absolute atomic E-state index is 11.8. The lowest BCUT2D eigenvalue weighted by Crippen LogP contribution is -2.27. The van der Waals surface area contributed by atoms with Gasteiger partial charge >= 0.3 is 6.09 Å². The first-order valence-corrected chi connectivity index (χ1v) is 7.75. The van der Waals surface area contributed by atoms with Crippen LogP contribution < -0.4 is 5.32 Å². The number of aromatic nitrogens is 2. The quantitative estimate of drug-likeness (QED) is 0.848. The van der Waals surface area contributed by atoms with Crippen molar-refractivity contribution in [2.45, 2.75) is 39.2 Å². The highest BCUT2D eigenvalue weighted by Gasteiger charge is 2.16. The van der Waals surface area contributed by atoms with Crippen molar-refractivity contribution in [1.29, 1.82) is 0 Å². The number of amides is 1. The van der Waals surface area contributed by atoms with Gasteiger partial charge in [-0.15, -0.1) is 0 Å². The minimum Gasteiger partial charge on any atom is -0.444 e. The van der Waals surface area contributed by atoms with Gasteiger partial charge in [-0.2, -0.15) is 0 Å². The van der Waals surface area contributed by atoms with Gasteiger partial charge in [-0.05, 0) is 51.3 Å². The molecule has 120 valence electrons. The number of carbonyl (C=O) groups excluding carboxylic acids is 1. The van der Waals surface area contributed by atoms with E-state index in [1.807, 2.05) is 26.8 Å². The lowest BCUT2D eigenvalue weighted by atomic mass is 10.0. The zero-order chi connectivity index (χ0) is 16.4. The molecule has 0 spiro atoms. The lowest BCUT2D eigenvalue weighted by molar-refractivity contribution is 0.0636. The Bertz CT molecular complexity index is 794. The molecule has 1 amide bonds. The number of nitrogens with zero attached hydrogens (tertiary/aromatic N) is 1. The number of rotatable bonds is 2. The molecule has 23 heavy (non-hydrogen) atoms. The Kier molecular flexibility index (Phi) is 3.94. The first-order chi connectivity index (χ1) is 10.9. The standard InChI is InChI=1S/C18H21N3O2/c1-18(2,3)23-17(22)20-14-9-13-10-15(21-16(13)19-11-14)12-7-5-4-6-8-12/h4-5,7,9-11H,6,8H2,1-3H3,(H,19,21)(H,20,22). The number of hydrogen-bond acceptors (Lipinski definition) is 3. The van der Waals surface area contributed by atoms with Crippen molar-refractivity contribution < 1.29 is 9.53 Å². The monoisotopic (exact) mass is 311 g/mol. The number of hydrogen-bond donors (Lipinski definition) is 2. The van der Waals surface area contributed by atoms with Crippen molar-refractivity contribution in [1.82, 2.24) is 9.97 Å². The molecule has 1 aliphatic carbocycles. The molecule has 1 aliphatic rings. The number of fused-ring (bicyclic) bond motifs is 1. The SMILES string of the molecule is CC(C)(C)OC(=O)Nc1cnc2[nH]c(C3=CC=CCC3)cc2c1. The molecule has 5 heteroatoms. The van der Waals surface area contributed by atoms with Crippen LogP contribution >= 0.6 is 0 Å². The summed E-state index contributed by atoms with van der Waals surface area (Å²) in [4.78, 5) is 19.5. The second kappa shape index (κ2) is 5.91. The predicted molar refractivity (Wildman–Crippen MR) is 92.3 cm³/mol. The molecular formula is C18H21N3O2. The van der Waals surface area contributed by atoms with E-state index in [1.165, 1.54) is 5.57 Å². The summed E-state index contributed by atoms with van der Waals surface area (Å²) in [6.07, 6.45) is 9.58. The topological polar surface area (TPSA) is 67.0 Å². The smallest absolute Gasteiger partial charge is 0.412 e. The lowest BCUT2D eigenvalue weighted by Gasteiger charge is -2.19. The van der Waals surface area contributed by atoms with E-state index in [0.29, 0.717) is 5.69 Å². The van der Waals surface area contributed by atoms with Crippen LogP contribution in [-0.4, -0.2) is 21.7 Å². The molecule has 0 saturated carbocycles. The Morgan fingerprint density at radius 2 is 2.17 bits per heavy atom. The van der Waals surface area contributed by atoms with Gasteiger partial charge in [0.15, 0.2) is 0 Å². The van der Waals surface area contributed by atoms with E-state index in [1.54, 1.807) is 6.20 Å². The van der Waals surface area contributed by atoms with Gasteiger partial charge in [-0.3, -0.25) is 5.32 Å². The molecule has 0 radical (unpaired) electrons. The van der Waals surface area contributed by atoms with Crippen molar-refractivity contribution >= 4 is 28.4 Å². The highest BCUT2D eigenvalue weighted by molar-refractivity contribution is 5.90. The van der Waals surface area contributed by atoms with E-state index in [9.17, 15) is 4.79 Å². The van der Waals surface area contributed by atoms with Crippen molar-refractivity contribution in [3.63, 3.8) is 0 Å². The number of H-pyrrole nitrogens is 1. The molecule has 3 rings (SSSR count). The average molecular weight is 311 g/mol. The molecule has 2 aromatic rings. The summed E-state index contributed by atoms with van der Waals surface area (Å²) in [5.74, 6) is 0. The number of allylic oxidation sites excluding steroid dienone is 4. The predicted octanol–water partition coefficient (Wildman–Crippen LogP) is 4.64. The number of aromatic amines is 1. The fourth-order valence-electron chi connectivity index (χ4n) is 2.51. The number of ether oxygens (including phenoxy) is 1. The molecule has 0 aromatic carbocycles. The third kappa shape index (κ3) is 3.80. The summed E-state index contributed by atoms with van der Waals surface area (Å²) in [5, 5.41) is 3.68. The van der Waals surface area contributed by atoms with E-state index >= 15 is 0 Å². The number of anilines is 1. The molecule has 0 saturated heterocycles. The van der Waals surface area contributed by atoms with Gasteiger partial charge in [-0.25, -0.2) is 9.78 Å². The number of nitrogens with one attached hydrogen (secondary N) is 2. The molecule has 0 fully saturated rings. The molecule has 0 bridgehead atoms. The fraction of sp³-hybridized carbons (Fsp3) is 0.333. The molecular weight excluding hydrogens is 290 g/mol. The number of carbonyl (C=O) groups is 1. The minimum absolute atomic E-state index is 0.477. The van der Waals surface area contributed by atoms with E-state index in [4.69, 9.17) is 4.74 Å². The number of pyridine rings is 1. The van der Waals surface area contributed by atoms with Crippen molar-refractivity contribution in [2.75, 3.05) is 5.32 Å². The zero-order valence-corrected chi connectivity index (χ0v) is 13.6. The Morgan fingerprint density at radius 1 is 1.35 bits per heavy atom. The molecule has 0 atom stereocenters. The summed E-state index contributed by atoms with van der Waals surface area (Å²) in [7, 11) is 0. The van der Waals surface area contributed by atoms with Crippen LogP contribution in [0, 0.1) is 0 Å². The van der Waals surface area contributed by atoms with Crippen LogP contribution in [0.2, 0.25) is 0 Å². The second-order valence-electron chi connectivity index (χ2n) is 6.63. The molecule has 2 N–H and O–H groups in total. The van der Waals surface area contributed by atoms with E-state index in [0.717, 1.165) is 29.6 Å². The second-order valence-corrected chi connectivity index (χ2v) is 6.63. The van der Waals surface area contributed by atoms with Crippen LogP contribution in [0.4, 0.5) is 10.5 Å². The van der Waals surface area contributed by atoms with Gasteiger partial charge in [0.05, 0.1) is 11.9 Å². The maximum atomic E-state index is 11.8. The van der Waals surface area contributed by atoms with Crippen LogP contribution in [0.5, 0.6) is 0 Å². The summed E-state index contributed by atoms with van der Waals surface area (Å²) in [6, 6.07) is 3.96. The average Bonchev–Trinajstić information content (AvgIpc) is 2.89. The van der Waals surface area contributed by atoms with Crippen molar-refractivity contribution in [2.24, 2.45) is 0 Å². The Morgan fingerprint density at radius 3 is 2.87 bits per heavy atom. The van der Waals surface area contributed by atoms with Gasteiger partial charge in [0.25, 0.3) is 0 Å². The van der Waals surface area contributed by atoms with Crippen molar-refractivity contribution in [3.8, 4) is 0 Å². The van der Waals surface area contributed by atoms with E-state index in [-0.39, 0.29) is 0 Å². The fourth-order valence-corrected chi connectivity index (χ4v) is 2.51. The van der Waals surface area contributed by atoms with E-state index in [2.05, 4.69) is 39.6 Å². The zero-order valence-electron chi connectivity index (χ0n) is 13.6. The van der Waals surface area contributed by atoms with Gasteiger partial charge in [0.1, 0.15) is 11.2 Å². The van der Waals surface area contributed by atoms with Gasteiger partial charge in [0, 0.05) is 11.1 Å². The molecule has 2 aromatic heterocycles. The Balaban J connectivity index is 1.80. The third-order valence-corrected chi connectivity index (χ3v) is 3.48. The Hall–Kier alpha value is -2.56. The van der Waals surface area contributed by atoms with E-state index < -0.39 is 11.7 Å². The third-order valence-electron chi connectivity index (χ3n) is 3.48. The Labute approximate surface area is 135 Å². The van der Waals surface area contributed by atoms with Crippen LogP contribution in [0.3, 0.4) is 0 Å². The maximum Gasteiger partial charge on any atom is 0.412 e. The van der Waals surface area contributed by atoms with Crippen LogP contribution in [0.1, 0.15) is 39.3 Å². The van der Waals surface area contributed by atoms with Crippen LogP contribution in [0.15, 0.2) is 36.6 Å². The van der Waals surface area contributed by atoms with Crippen molar-refractivity contribution in [3.05, 3.63) is 42.3 Å². The molecule has 2 heterocycles. The largest absolute Gasteiger partial charge is 0.444 e.